The quantitative estimate of drug-likeness (QED) is 0.413. The number of rotatable bonds is 8. The van der Waals surface area contributed by atoms with Gasteiger partial charge in [0.25, 0.3) is 15.9 Å². The lowest BCUT2D eigenvalue weighted by Crippen LogP contribution is -2.35. The number of benzene rings is 2. The summed E-state index contributed by atoms with van der Waals surface area (Å²) in [6, 6.07) is 14.9. The first kappa shape index (κ1) is 26.8. The molecule has 0 saturated carbocycles. The van der Waals surface area contributed by atoms with Gasteiger partial charge in [-0.3, -0.25) is 14.0 Å². The average Bonchev–Trinajstić information content (AvgIpc) is 3.25. The molecular weight excluding hydrogens is 510 g/mol. The lowest BCUT2D eigenvalue weighted by atomic mass is 10.0. The van der Waals surface area contributed by atoms with Gasteiger partial charge < -0.3 is 10.1 Å². The van der Waals surface area contributed by atoms with E-state index in [4.69, 9.17) is 4.74 Å². The zero-order chi connectivity index (χ0) is 26.7. The molecule has 1 aromatic heterocycles. The molecule has 10 heteroatoms. The number of sulfonamides is 1. The number of esters is 1. The molecule has 37 heavy (non-hydrogen) atoms. The van der Waals surface area contributed by atoms with E-state index in [1.165, 1.54) is 47.0 Å². The number of hydrogen-bond donors (Lipinski definition) is 1. The number of ether oxygens (including phenoxy) is 1. The lowest BCUT2D eigenvalue weighted by Gasteiger charge is -2.30. The van der Waals surface area contributed by atoms with Crippen LogP contribution in [0, 0.1) is 0 Å². The van der Waals surface area contributed by atoms with Crippen molar-refractivity contribution in [3.63, 3.8) is 0 Å². The van der Waals surface area contributed by atoms with Crippen LogP contribution in [-0.4, -0.2) is 51.4 Å². The van der Waals surface area contributed by atoms with E-state index < -0.39 is 21.9 Å². The van der Waals surface area contributed by atoms with Crippen LogP contribution in [0.25, 0.3) is 0 Å². The minimum absolute atomic E-state index is 0.0722. The van der Waals surface area contributed by atoms with Gasteiger partial charge in [-0.25, -0.2) is 13.2 Å². The summed E-state index contributed by atoms with van der Waals surface area (Å²) >= 11 is 1.39. The Kier molecular flexibility index (Phi) is 8.01. The molecule has 8 nitrogen and oxygen atoms in total. The lowest BCUT2D eigenvalue weighted by molar-refractivity contribution is 0.0526. The summed E-state index contributed by atoms with van der Waals surface area (Å²) in [5, 5.41) is 3.33. The van der Waals surface area contributed by atoms with Crippen molar-refractivity contribution < 1.29 is 22.7 Å². The molecule has 3 aromatic rings. The van der Waals surface area contributed by atoms with E-state index in [1.54, 1.807) is 31.2 Å². The van der Waals surface area contributed by atoms with Gasteiger partial charge >= 0.3 is 5.97 Å². The van der Waals surface area contributed by atoms with Gasteiger partial charge in [0.15, 0.2) is 0 Å². The van der Waals surface area contributed by atoms with Gasteiger partial charge in [0, 0.05) is 36.6 Å². The van der Waals surface area contributed by atoms with Crippen molar-refractivity contribution in [2.75, 3.05) is 29.8 Å². The van der Waals surface area contributed by atoms with E-state index in [0.29, 0.717) is 35.3 Å². The first-order chi connectivity index (χ1) is 17.6. The van der Waals surface area contributed by atoms with Crippen LogP contribution in [0.2, 0.25) is 0 Å². The second-order valence-corrected chi connectivity index (χ2v) is 12.1. The minimum Gasteiger partial charge on any atom is -0.462 e. The van der Waals surface area contributed by atoms with Crippen LogP contribution in [0.4, 0.5) is 10.7 Å². The number of carbonyl (C=O) groups excluding carboxylic acids is 2. The maximum absolute atomic E-state index is 13.1. The van der Waals surface area contributed by atoms with Crippen molar-refractivity contribution in [3.05, 3.63) is 76.2 Å². The Labute approximate surface area is 221 Å². The normalized spacial score (nSPS) is 13.8. The maximum atomic E-state index is 13.1. The van der Waals surface area contributed by atoms with Gasteiger partial charge in [0.05, 0.1) is 22.8 Å². The number of nitrogens with zero attached hydrogens (tertiary/aromatic N) is 2. The molecule has 0 unspecified atom stereocenters. The first-order valence-corrected chi connectivity index (χ1v) is 14.4. The van der Waals surface area contributed by atoms with Gasteiger partial charge in [-0.2, -0.15) is 0 Å². The number of hydrogen-bond acceptors (Lipinski definition) is 7. The van der Waals surface area contributed by atoms with Gasteiger partial charge in [-0.05, 0) is 69.2 Å². The Morgan fingerprint density at radius 3 is 2.41 bits per heavy atom. The Morgan fingerprint density at radius 1 is 1.11 bits per heavy atom. The molecule has 1 aliphatic heterocycles. The third-order valence-electron chi connectivity index (χ3n) is 6.42. The number of nitrogens with one attached hydrogen (secondary N) is 1. The van der Waals surface area contributed by atoms with Crippen LogP contribution in [0.15, 0.2) is 59.5 Å². The number of carbonyl (C=O) groups is 2. The Hall–Kier alpha value is -3.21. The third kappa shape index (κ3) is 5.56. The molecular formula is C27H31N3O5S2. The Bertz CT molecular complexity index is 1380. The standard InChI is InChI=1S/C27H31N3O5S2/c1-5-35-27(32)24-22-15-16-30(18(2)3)17-23(22)36-26(24)28-25(31)19-11-13-21(14-12-19)37(33,34)29(4)20-9-7-6-8-10-20/h6-14,18H,5,15-17H2,1-4H3,(H,28,31). The predicted octanol–water partition coefficient (Wildman–Crippen LogP) is 4.77. The van der Waals surface area contributed by atoms with Gasteiger partial charge in [0.1, 0.15) is 5.00 Å². The molecule has 2 heterocycles. The molecule has 1 amide bonds. The molecule has 196 valence electrons. The van der Waals surface area contributed by atoms with E-state index in [9.17, 15) is 18.0 Å². The molecule has 1 aliphatic rings. The highest BCUT2D eigenvalue weighted by Crippen LogP contribution is 2.38. The summed E-state index contributed by atoms with van der Waals surface area (Å²) in [4.78, 5) is 29.4. The molecule has 0 radical (unpaired) electrons. The highest BCUT2D eigenvalue weighted by Gasteiger charge is 2.30. The molecule has 1 N–H and O–H groups in total. The fourth-order valence-corrected chi connectivity index (χ4v) is 6.71. The highest BCUT2D eigenvalue weighted by atomic mass is 32.2. The third-order valence-corrected chi connectivity index (χ3v) is 9.35. The highest BCUT2D eigenvalue weighted by molar-refractivity contribution is 7.92. The monoisotopic (exact) mass is 541 g/mol. The van der Waals surface area contributed by atoms with Crippen molar-refractivity contribution >= 4 is 43.9 Å². The average molecular weight is 542 g/mol. The molecule has 0 fully saturated rings. The second-order valence-electron chi connectivity index (χ2n) is 9.03. The SMILES string of the molecule is CCOC(=O)c1c(NC(=O)c2ccc(S(=O)(=O)N(C)c3ccccc3)cc2)sc2c1CCN(C(C)C)C2. The zero-order valence-electron chi connectivity index (χ0n) is 21.4. The smallest absolute Gasteiger partial charge is 0.341 e. The summed E-state index contributed by atoms with van der Waals surface area (Å²) < 4.78 is 32.6. The van der Waals surface area contributed by atoms with Crippen LogP contribution in [0.5, 0.6) is 0 Å². The van der Waals surface area contributed by atoms with Crippen molar-refractivity contribution in [1.82, 2.24) is 4.90 Å². The Balaban J connectivity index is 1.57. The molecule has 0 atom stereocenters. The molecule has 0 aliphatic carbocycles. The number of thiophene rings is 1. The van der Waals surface area contributed by atoms with Gasteiger partial charge in [-0.15, -0.1) is 11.3 Å². The van der Waals surface area contributed by atoms with Gasteiger partial charge in [0.2, 0.25) is 0 Å². The van der Waals surface area contributed by atoms with Gasteiger partial charge in [-0.1, -0.05) is 18.2 Å². The fraction of sp³-hybridized carbons (Fsp3) is 0.333. The van der Waals surface area contributed by atoms with Crippen LogP contribution in [0.1, 0.15) is 51.9 Å². The van der Waals surface area contributed by atoms with Crippen molar-refractivity contribution in [2.24, 2.45) is 0 Å². The summed E-state index contributed by atoms with van der Waals surface area (Å²) in [5.74, 6) is -0.871. The fourth-order valence-electron chi connectivity index (χ4n) is 4.26. The van der Waals surface area contributed by atoms with Crippen molar-refractivity contribution in [1.29, 1.82) is 0 Å². The van der Waals surface area contributed by atoms with Crippen LogP contribution in [0.3, 0.4) is 0 Å². The predicted molar refractivity (Wildman–Crippen MR) is 146 cm³/mol. The van der Waals surface area contributed by atoms with E-state index in [0.717, 1.165) is 17.0 Å². The summed E-state index contributed by atoms with van der Waals surface area (Å²) in [7, 11) is -2.31. The first-order valence-electron chi connectivity index (χ1n) is 12.1. The molecule has 0 spiro atoms. The molecule has 0 saturated heterocycles. The number of anilines is 2. The number of fused-ring (bicyclic) bond motifs is 1. The van der Waals surface area contributed by atoms with Crippen LogP contribution < -0.4 is 9.62 Å². The summed E-state index contributed by atoms with van der Waals surface area (Å²) in [5.41, 5.74) is 2.17. The number of para-hydroxylation sites is 1. The summed E-state index contributed by atoms with van der Waals surface area (Å²) in [6.45, 7) is 7.79. The Morgan fingerprint density at radius 2 is 1.78 bits per heavy atom. The number of amides is 1. The van der Waals surface area contributed by atoms with Crippen molar-refractivity contribution in [3.8, 4) is 0 Å². The van der Waals surface area contributed by atoms with Crippen molar-refractivity contribution in [2.45, 2.75) is 44.7 Å². The minimum atomic E-state index is -3.79. The maximum Gasteiger partial charge on any atom is 0.341 e. The topological polar surface area (TPSA) is 96.0 Å². The van der Waals surface area contributed by atoms with E-state index in [1.807, 2.05) is 6.07 Å². The largest absolute Gasteiger partial charge is 0.462 e. The molecule has 2 aromatic carbocycles. The van der Waals surface area contributed by atoms with E-state index in [2.05, 4.69) is 24.1 Å². The molecule has 0 bridgehead atoms. The second kappa shape index (κ2) is 11.0. The molecule has 4 rings (SSSR count). The zero-order valence-corrected chi connectivity index (χ0v) is 23.0. The van der Waals surface area contributed by atoms with Crippen LogP contribution >= 0.6 is 11.3 Å². The van der Waals surface area contributed by atoms with E-state index in [-0.39, 0.29) is 17.1 Å². The van der Waals surface area contributed by atoms with Crippen LogP contribution in [-0.2, 0) is 27.7 Å². The van der Waals surface area contributed by atoms with E-state index >= 15 is 0 Å². The summed E-state index contributed by atoms with van der Waals surface area (Å²) in [6.07, 6.45) is 0.704.